The molecular formula is C48H64N4O10. The highest BCUT2D eigenvalue weighted by Gasteiger charge is 2.69. The second-order valence-electron chi connectivity index (χ2n) is 19.0. The standard InChI is InChI=1S/C25H34N2O5.C23H30N2O5/c1-6-11-30-16-18-9-8-10-26-19(18)13-21(28)20-14-25(17-31-12-7-2)15-22(25)27(20)23(29)32-24(3,4)5;1-22(2,3)30-21(27)25-18-12-23(13-20(23)25)15-29-10-5-4-9-28-14-16-7-6-8-24-17(16)11-19(18)26/h6-10,20,22H,1-2,11-17H2,3-5H3;4-8,18,20H,9-15H2,1-3H3/t20-,22+,25-;18-,20+,23-/m00/s1. The lowest BCUT2D eigenvalue weighted by molar-refractivity contribution is -0.124. The number of likely N-dealkylation sites (tertiary alicyclic amines) is 2. The quantitative estimate of drug-likeness (QED) is 0.170. The molecule has 2 bridgehead atoms. The Kier molecular flexibility index (Phi) is 14.9. The first-order valence-corrected chi connectivity index (χ1v) is 21.6. The Labute approximate surface area is 366 Å². The lowest BCUT2D eigenvalue weighted by atomic mass is 9.95. The van der Waals surface area contributed by atoms with Gasteiger partial charge in [-0.25, -0.2) is 9.59 Å². The topological polar surface area (TPSA) is 156 Å². The van der Waals surface area contributed by atoms with E-state index in [1.54, 1.807) is 34.3 Å². The van der Waals surface area contributed by atoms with Crippen molar-refractivity contribution < 1.29 is 47.6 Å². The number of rotatable bonds is 11. The number of nitrogens with zero attached hydrogens (tertiary/aromatic N) is 4. The van der Waals surface area contributed by atoms with Crippen molar-refractivity contribution in [3.63, 3.8) is 0 Å². The van der Waals surface area contributed by atoms with Gasteiger partial charge in [-0.1, -0.05) is 36.4 Å². The monoisotopic (exact) mass is 856 g/mol. The number of hydrogen-bond donors (Lipinski definition) is 0. The van der Waals surface area contributed by atoms with Crippen molar-refractivity contribution in [1.82, 2.24) is 19.8 Å². The SMILES string of the molecule is C=CCOCc1cccnc1CC(=O)[C@@H]1C[C@@]2(COCC=C)C[C@H]2N1C(=O)OC(C)(C)C.CC(C)(C)OC(=O)N1[C@H]2C[C@@]3(COCC=CCOCc4cccnc4CC2=O)C[C@@H]13. The maximum atomic E-state index is 13.4. The van der Waals surface area contributed by atoms with Crippen LogP contribution in [-0.4, -0.2) is 119 Å². The van der Waals surface area contributed by atoms with Crippen LogP contribution < -0.4 is 0 Å². The van der Waals surface area contributed by atoms with E-state index >= 15 is 0 Å². The zero-order valence-electron chi connectivity index (χ0n) is 37.3. The zero-order valence-corrected chi connectivity index (χ0v) is 37.3. The van der Waals surface area contributed by atoms with Crippen LogP contribution in [0.15, 0.2) is 74.1 Å². The van der Waals surface area contributed by atoms with E-state index in [0.29, 0.717) is 77.1 Å². The minimum absolute atomic E-state index is 0.00952. The van der Waals surface area contributed by atoms with E-state index in [0.717, 1.165) is 24.0 Å². The summed E-state index contributed by atoms with van der Waals surface area (Å²) in [5.74, 6) is -0.0600. The molecule has 5 heterocycles. The van der Waals surface area contributed by atoms with Crippen molar-refractivity contribution in [3.8, 4) is 0 Å². The van der Waals surface area contributed by atoms with Gasteiger partial charge in [-0.3, -0.25) is 29.4 Å². The third kappa shape index (κ3) is 11.6. The van der Waals surface area contributed by atoms with E-state index in [2.05, 4.69) is 23.1 Å². The first kappa shape index (κ1) is 46.7. The highest BCUT2D eigenvalue weighted by atomic mass is 16.6. The summed E-state index contributed by atoms with van der Waals surface area (Å²) in [4.78, 5) is 64.9. The van der Waals surface area contributed by atoms with Crippen LogP contribution in [0, 0.1) is 10.8 Å². The Hall–Kier alpha value is -4.76. The first-order valence-electron chi connectivity index (χ1n) is 21.6. The Bertz CT molecular complexity index is 1990. The van der Waals surface area contributed by atoms with Gasteiger partial charge in [-0.05, 0) is 90.5 Å². The summed E-state index contributed by atoms with van der Waals surface area (Å²) in [5, 5.41) is 0. The summed E-state index contributed by atoms with van der Waals surface area (Å²) in [6.07, 6.45) is 12.9. The summed E-state index contributed by atoms with van der Waals surface area (Å²) in [6.45, 7) is 21.9. The maximum Gasteiger partial charge on any atom is 0.411 e. The number of aromatic nitrogens is 2. The normalized spacial score (nSPS) is 26.6. The van der Waals surface area contributed by atoms with E-state index in [1.807, 2.05) is 78.0 Å². The van der Waals surface area contributed by atoms with E-state index in [9.17, 15) is 19.2 Å². The fourth-order valence-electron chi connectivity index (χ4n) is 8.77. The predicted molar refractivity (Wildman–Crippen MR) is 231 cm³/mol. The van der Waals surface area contributed by atoms with Gasteiger partial charge in [0.1, 0.15) is 11.2 Å². The molecule has 2 aromatic rings. The Morgan fingerprint density at radius 2 is 1.50 bits per heavy atom. The molecule has 0 N–H and O–H groups in total. The number of ether oxygens (including phenoxy) is 6. The molecule has 4 fully saturated rings. The van der Waals surface area contributed by atoms with E-state index in [1.165, 1.54) is 0 Å². The average Bonchev–Trinajstić information content (AvgIpc) is 4.02. The molecule has 2 aromatic heterocycles. The van der Waals surface area contributed by atoms with E-state index in [4.69, 9.17) is 28.4 Å². The van der Waals surface area contributed by atoms with Crippen LogP contribution in [0.4, 0.5) is 9.59 Å². The molecular weight excluding hydrogens is 793 g/mol. The summed E-state index contributed by atoms with van der Waals surface area (Å²) in [7, 11) is 0. The third-order valence-corrected chi connectivity index (χ3v) is 11.8. The van der Waals surface area contributed by atoms with Crippen molar-refractivity contribution in [1.29, 1.82) is 0 Å². The molecule has 62 heavy (non-hydrogen) atoms. The molecule has 5 aliphatic rings. The molecule has 14 nitrogen and oxygen atoms in total. The molecule has 2 saturated heterocycles. The molecule has 2 aliphatic carbocycles. The Morgan fingerprint density at radius 3 is 2.21 bits per heavy atom. The number of fused-ring (bicyclic) bond motifs is 3. The smallest absolute Gasteiger partial charge is 0.411 e. The number of amides is 2. The molecule has 336 valence electrons. The molecule has 0 unspecified atom stereocenters. The van der Waals surface area contributed by atoms with Crippen molar-refractivity contribution in [3.05, 3.63) is 96.6 Å². The van der Waals surface area contributed by atoms with Gasteiger partial charge in [0.25, 0.3) is 0 Å². The number of piperidine rings is 2. The minimum atomic E-state index is -0.638. The van der Waals surface area contributed by atoms with Crippen LogP contribution in [-0.2, 0) is 64.1 Å². The summed E-state index contributed by atoms with van der Waals surface area (Å²) >= 11 is 0. The molecule has 0 radical (unpaired) electrons. The summed E-state index contributed by atoms with van der Waals surface area (Å²) in [6, 6.07) is 6.38. The van der Waals surface area contributed by atoms with Gasteiger partial charge in [0.15, 0.2) is 11.6 Å². The van der Waals surface area contributed by atoms with Gasteiger partial charge in [0.05, 0.1) is 89.2 Å². The van der Waals surface area contributed by atoms with Gasteiger partial charge in [-0.2, -0.15) is 0 Å². The molecule has 2 amide bonds. The number of Topliss-reactive ketones (excluding diaryl/α,β-unsaturated/α-hetero) is 2. The molecule has 2 saturated carbocycles. The molecule has 7 rings (SSSR count). The Balaban J connectivity index is 0.000000207. The molecule has 0 aromatic carbocycles. The lowest BCUT2D eigenvalue weighted by Gasteiger charge is -2.30. The van der Waals surface area contributed by atoms with Gasteiger partial charge < -0.3 is 28.4 Å². The molecule has 1 spiro atoms. The average molecular weight is 857 g/mol. The largest absolute Gasteiger partial charge is 0.444 e. The number of ketones is 2. The van der Waals surface area contributed by atoms with Gasteiger partial charge in [0.2, 0.25) is 0 Å². The van der Waals surface area contributed by atoms with Crippen LogP contribution in [0.1, 0.15) is 89.7 Å². The van der Waals surface area contributed by atoms with Gasteiger partial charge in [0, 0.05) is 35.3 Å². The molecule has 14 heteroatoms. The number of carbonyl (C=O) groups is 4. The second kappa shape index (κ2) is 19.7. The predicted octanol–water partition coefficient (Wildman–Crippen LogP) is 6.93. The second-order valence-corrected chi connectivity index (χ2v) is 19.0. The molecule has 6 atom stereocenters. The van der Waals surface area contributed by atoms with Crippen molar-refractivity contribution in [2.24, 2.45) is 10.8 Å². The van der Waals surface area contributed by atoms with Crippen LogP contribution in [0.3, 0.4) is 0 Å². The number of carbonyl (C=O) groups excluding carboxylic acids is 4. The lowest BCUT2D eigenvalue weighted by Crippen LogP contribution is -2.46. The minimum Gasteiger partial charge on any atom is -0.444 e. The highest BCUT2D eigenvalue weighted by molar-refractivity contribution is 5.91. The van der Waals surface area contributed by atoms with Crippen molar-refractivity contribution in [2.45, 2.75) is 129 Å². The zero-order chi connectivity index (χ0) is 44.7. The fraction of sp³-hybridized carbons (Fsp3) is 0.583. The number of pyridine rings is 2. The van der Waals surface area contributed by atoms with Gasteiger partial charge >= 0.3 is 12.2 Å². The fourth-order valence-corrected chi connectivity index (χ4v) is 8.77. The van der Waals surface area contributed by atoms with Crippen LogP contribution in [0.2, 0.25) is 0 Å². The highest BCUT2D eigenvalue weighted by Crippen LogP contribution is 2.61. The first-order chi connectivity index (χ1) is 29.5. The molecule has 3 aliphatic heterocycles. The van der Waals surface area contributed by atoms with Crippen LogP contribution in [0.25, 0.3) is 0 Å². The third-order valence-electron chi connectivity index (χ3n) is 11.8. The van der Waals surface area contributed by atoms with Crippen LogP contribution in [0.5, 0.6) is 0 Å². The van der Waals surface area contributed by atoms with Crippen molar-refractivity contribution in [2.75, 3.05) is 39.6 Å². The van der Waals surface area contributed by atoms with Crippen molar-refractivity contribution >= 4 is 23.8 Å². The number of hydrogen-bond acceptors (Lipinski definition) is 12. The summed E-state index contributed by atoms with van der Waals surface area (Å²) in [5.41, 5.74) is 1.52. The van der Waals surface area contributed by atoms with E-state index in [-0.39, 0.29) is 47.3 Å². The Morgan fingerprint density at radius 1 is 0.839 bits per heavy atom. The van der Waals surface area contributed by atoms with Gasteiger partial charge in [-0.15, -0.1) is 13.2 Å². The van der Waals surface area contributed by atoms with E-state index < -0.39 is 35.5 Å². The maximum absolute atomic E-state index is 13.4. The summed E-state index contributed by atoms with van der Waals surface area (Å²) < 4.78 is 34.1. The van der Waals surface area contributed by atoms with Crippen LogP contribution >= 0.6 is 0 Å².